The number of ether oxygens (including phenoxy) is 1. The molecule has 0 atom stereocenters. The third-order valence-electron chi connectivity index (χ3n) is 3.85. The molecule has 3 nitrogen and oxygen atoms in total. The van der Waals surface area contributed by atoms with E-state index in [1.807, 2.05) is 20.8 Å². The second-order valence-corrected chi connectivity index (χ2v) is 6.00. The molecule has 0 aliphatic carbocycles. The van der Waals surface area contributed by atoms with Gasteiger partial charge in [-0.25, -0.2) is 9.18 Å². The van der Waals surface area contributed by atoms with Crippen molar-refractivity contribution in [2.45, 2.75) is 39.5 Å². The molecule has 0 fully saturated rings. The molecule has 2 aromatic carbocycles. The smallest absolute Gasteiger partial charge is 0.410 e. The van der Waals surface area contributed by atoms with Gasteiger partial charge in [-0.1, -0.05) is 39.2 Å². The van der Waals surface area contributed by atoms with E-state index in [1.54, 1.807) is 18.2 Å². The Morgan fingerprint density at radius 3 is 2.75 bits per heavy atom. The maximum Gasteiger partial charge on any atom is 0.412 e. The molecule has 1 amide bonds. The molecule has 0 aromatic heterocycles. The van der Waals surface area contributed by atoms with Gasteiger partial charge in [-0.05, 0) is 41.5 Å². The first-order valence-corrected chi connectivity index (χ1v) is 8.16. The van der Waals surface area contributed by atoms with E-state index in [-0.39, 0.29) is 11.5 Å². The minimum absolute atomic E-state index is 0.105. The van der Waals surface area contributed by atoms with Crippen LogP contribution in [-0.2, 0) is 0 Å². The van der Waals surface area contributed by atoms with Crippen molar-refractivity contribution < 1.29 is 13.9 Å². The monoisotopic (exact) mass is 327 g/mol. The lowest BCUT2D eigenvalue weighted by Gasteiger charge is -2.15. The van der Waals surface area contributed by atoms with E-state index in [0.717, 1.165) is 23.8 Å². The van der Waals surface area contributed by atoms with Gasteiger partial charge in [-0.3, -0.25) is 0 Å². The van der Waals surface area contributed by atoms with Crippen LogP contribution in [0.3, 0.4) is 0 Å². The fraction of sp³-hybridized carbons (Fsp3) is 0.350. The normalized spacial score (nSPS) is 10.7. The van der Waals surface area contributed by atoms with Gasteiger partial charge in [0, 0.05) is 11.9 Å². The summed E-state index contributed by atoms with van der Waals surface area (Å²) in [5.41, 5.74) is 1.10. The fourth-order valence-electron chi connectivity index (χ4n) is 2.61. The Balaban J connectivity index is 2.43. The van der Waals surface area contributed by atoms with Gasteiger partial charge in [-0.15, -0.1) is 6.42 Å². The third kappa shape index (κ3) is 3.86. The lowest BCUT2D eigenvalue weighted by molar-refractivity contribution is 0.200. The first-order chi connectivity index (χ1) is 11.5. The van der Waals surface area contributed by atoms with Crippen molar-refractivity contribution in [3.8, 4) is 18.1 Å². The molecule has 0 saturated heterocycles. The average molecular weight is 327 g/mol. The summed E-state index contributed by atoms with van der Waals surface area (Å²) in [4.78, 5) is 11.9. The molecule has 0 aliphatic rings. The number of benzene rings is 2. The first kappa shape index (κ1) is 17.8. The van der Waals surface area contributed by atoms with Crippen LogP contribution in [0.1, 0.15) is 50.7 Å². The lowest BCUT2D eigenvalue weighted by atomic mass is 9.92. The number of fused-ring (bicyclic) bond motifs is 1. The van der Waals surface area contributed by atoms with Crippen molar-refractivity contribution in [2.24, 2.45) is 0 Å². The minimum Gasteiger partial charge on any atom is -0.410 e. The van der Waals surface area contributed by atoms with Crippen LogP contribution in [0.15, 0.2) is 24.3 Å². The summed E-state index contributed by atoms with van der Waals surface area (Å²) >= 11 is 0. The van der Waals surface area contributed by atoms with Crippen molar-refractivity contribution in [1.29, 1.82) is 0 Å². The maximum atomic E-state index is 14.0. The van der Waals surface area contributed by atoms with E-state index in [0.29, 0.717) is 17.7 Å². The predicted molar refractivity (Wildman–Crippen MR) is 94.9 cm³/mol. The highest BCUT2D eigenvalue weighted by Crippen LogP contribution is 2.33. The largest absolute Gasteiger partial charge is 0.412 e. The van der Waals surface area contributed by atoms with E-state index >= 15 is 0 Å². The number of amides is 1. The number of hydrogen-bond donors (Lipinski definition) is 1. The van der Waals surface area contributed by atoms with Gasteiger partial charge in [0.15, 0.2) is 0 Å². The Labute approximate surface area is 142 Å². The molecule has 4 heteroatoms. The zero-order valence-electron chi connectivity index (χ0n) is 14.3. The number of carbonyl (C=O) groups is 1. The first-order valence-electron chi connectivity index (χ1n) is 8.16. The van der Waals surface area contributed by atoms with Crippen LogP contribution >= 0.6 is 0 Å². The van der Waals surface area contributed by atoms with Crippen LogP contribution in [0.4, 0.5) is 9.18 Å². The van der Waals surface area contributed by atoms with E-state index in [2.05, 4.69) is 11.2 Å². The van der Waals surface area contributed by atoms with Gasteiger partial charge in [0.2, 0.25) is 0 Å². The SMILES string of the molecule is C#Cc1c(F)ccc2cc(OC(=O)NCCCC)cc(C(C)C)c12. The van der Waals surface area contributed by atoms with Gasteiger partial charge in [-0.2, -0.15) is 0 Å². The van der Waals surface area contributed by atoms with E-state index in [1.165, 1.54) is 6.07 Å². The standard InChI is InChI=1S/C20H22FNO2/c1-5-7-10-22-20(23)24-15-11-14-8-9-18(21)16(6-2)19(14)17(12-15)13(3)4/h2,8-9,11-13H,5,7,10H2,1,3-4H3,(H,22,23). The number of rotatable bonds is 5. The summed E-state index contributed by atoms with van der Waals surface area (Å²) in [6.45, 7) is 6.61. The third-order valence-corrected chi connectivity index (χ3v) is 3.85. The number of nitrogens with one attached hydrogen (secondary N) is 1. The average Bonchev–Trinajstić information content (AvgIpc) is 2.54. The van der Waals surface area contributed by atoms with Crippen LogP contribution in [-0.4, -0.2) is 12.6 Å². The molecule has 2 aromatic rings. The molecule has 0 saturated carbocycles. The quantitative estimate of drug-likeness (QED) is 0.622. The topological polar surface area (TPSA) is 38.3 Å². The van der Waals surface area contributed by atoms with Crippen molar-refractivity contribution in [3.63, 3.8) is 0 Å². The molecular formula is C20H22FNO2. The van der Waals surface area contributed by atoms with E-state index < -0.39 is 11.9 Å². The van der Waals surface area contributed by atoms with E-state index in [4.69, 9.17) is 11.2 Å². The van der Waals surface area contributed by atoms with Crippen molar-refractivity contribution in [3.05, 3.63) is 41.2 Å². The van der Waals surface area contributed by atoms with Crippen LogP contribution < -0.4 is 10.1 Å². The molecule has 0 aliphatic heterocycles. The van der Waals surface area contributed by atoms with E-state index in [9.17, 15) is 9.18 Å². The Morgan fingerprint density at radius 1 is 1.38 bits per heavy atom. The second-order valence-electron chi connectivity index (χ2n) is 6.00. The van der Waals surface area contributed by atoms with Gasteiger partial charge in [0.1, 0.15) is 11.6 Å². The Bertz CT molecular complexity index is 790. The summed E-state index contributed by atoms with van der Waals surface area (Å²) in [5, 5.41) is 4.16. The molecule has 126 valence electrons. The highest BCUT2D eigenvalue weighted by molar-refractivity contribution is 5.93. The molecule has 0 heterocycles. The number of hydrogen-bond acceptors (Lipinski definition) is 2. The Kier molecular flexibility index (Phi) is 5.81. The van der Waals surface area contributed by atoms with Crippen molar-refractivity contribution in [2.75, 3.05) is 6.54 Å². The number of halogens is 1. The highest BCUT2D eigenvalue weighted by Gasteiger charge is 2.15. The molecule has 24 heavy (non-hydrogen) atoms. The Morgan fingerprint density at radius 2 is 2.12 bits per heavy atom. The second kappa shape index (κ2) is 7.83. The number of terminal acetylenes is 1. The summed E-state index contributed by atoms with van der Waals surface area (Å²) in [6.07, 6.45) is 6.89. The zero-order valence-corrected chi connectivity index (χ0v) is 14.3. The molecular weight excluding hydrogens is 305 g/mol. The lowest BCUT2D eigenvalue weighted by Crippen LogP contribution is -2.27. The summed E-state index contributed by atoms with van der Waals surface area (Å²) in [7, 11) is 0. The molecule has 0 bridgehead atoms. The molecule has 0 spiro atoms. The molecule has 2 rings (SSSR count). The molecule has 1 N–H and O–H groups in total. The zero-order chi connectivity index (χ0) is 17.7. The molecule has 0 unspecified atom stereocenters. The minimum atomic E-state index is -0.489. The van der Waals surface area contributed by atoms with Gasteiger partial charge >= 0.3 is 6.09 Å². The van der Waals surface area contributed by atoms with Crippen LogP contribution in [0.25, 0.3) is 10.8 Å². The predicted octanol–water partition coefficient (Wildman–Crippen LogP) is 4.97. The van der Waals surface area contributed by atoms with Crippen LogP contribution in [0.5, 0.6) is 5.75 Å². The molecule has 0 radical (unpaired) electrons. The van der Waals surface area contributed by atoms with Crippen LogP contribution in [0, 0.1) is 18.2 Å². The number of carbonyl (C=O) groups excluding carboxylic acids is 1. The van der Waals surface area contributed by atoms with Gasteiger partial charge < -0.3 is 10.1 Å². The summed E-state index contributed by atoms with van der Waals surface area (Å²) < 4.78 is 19.4. The van der Waals surface area contributed by atoms with Crippen LogP contribution in [0.2, 0.25) is 0 Å². The maximum absolute atomic E-state index is 14.0. The Hall–Kier alpha value is -2.54. The number of unbranched alkanes of at least 4 members (excludes halogenated alkanes) is 1. The summed E-state index contributed by atoms with van der Waals surface area (Å²) in [5.74, 6) is 2.54. The highest BCUT2D eigenvalue weighted by atomic mass is 19.1. The van der Waals surface area contributed by atoms with Gasteiger partial charge in [0.25, 0.3) is 0 Å². The fourth-order valence-corrected chi connectivity index (χ4v) is 2.61. The van der Waals surface area contributed by atoms with Gasteiger partial charge in [0.05, 0.1) is 5.56 Å². The van der Waals surface area contributed by atoms with Crippen molar-refractivity contribution in [1.82, 2.24) is 5.32 Å². The van der Waals surface area contributed by atoms with Crippen molar-refractivity contribution >= 4 is 16.9 Å². The summed E-state index contributed by atoms with van der Waals surface area (Å²) in [6, 6.07) is 6.46.